The Balaban J connectivity index is 2.03. The smallest absolute Gasteiger partial charge is 0.225 e. The van der Waals surface area contributed by atoms with E-state index >= 15 is 0 Å². The second-order valence-corrected chi connectivity index (χ2v) is 7.51. The van der Waals surface area contributed by atoms with Crippen LogP contribution in [0.3, 0.4) is 0 Å². The molecule has 1 aromatic carbocycles. The first-order valence-electron chi connectivity index (χ1n) is 9.17. The monoisotopic (exact) mass is 345 g/mol. The summed E-state index contributed by atoms with van der Waals surface area (Å²) >= 11 is 0. The van der Waals surface area contributed by atoms with E-state index in [9.17, 15) is 9.59 Å². The van der Waals surface area contributed by atoms with Gasteiger partial charge in [0.05, 0.1) is 12.0 Å². The van der Waals surface area contributed by atoms with Crippen LogP contribution < -0.4 is 5.32 Å². The minimum absolute atomic E-state index is 0.0207. The van der Waals surface area contributed by atoms with Crippen molar-refractivity contribution in [3.63, 3.8) is 0 Å². The lowest BCUT2D eigenvalue weighted by atomic mass is 9.95. The quantitative estimate of drug-likeness (QED) is 0.861. The fourth-order valence-corrected chi connectivity index (χ4v) is 3.33. The van der Waals surface area contributed by atoms with E-state index in [2.05, 4.69) is 10.2 Å². The van der Waals surface area contributed by atoms with Gasteiger partial charge in [0.25, 0.3) is 0 Å². The average molecular weight is 345 g/mol. The molecule has 0 aromatic heterocycles. The normalized spacial score (nSPS) is 19.1. The summed E-state index contributed by atoms with van der Waals surface area (Å²) in [6, 6.07) is 10.0. The molecule has 1 aliphatic heterocycles. The third-order valence-electron chi connectivity index (χ3n) is 4.66. The minimum atomic E-state index is -0.121. The number of hydrogen-bond donors (Lipinski definition) is 1. The number of likely N-dealkylation sites (tertiary alicyclic amines) is 1. The van der Waals surface area contributed by atoms with Crippen LogP contribution in [0.15, 0.2) is 30.3 Å². The Hall–Kier alpha value is -1.88. The van der Waals surface area contributed by atoms with Crippen LogP contribution in [0.5, 0.6) is 0 Å². The third kappa shape index (κ3) is 5.56. The molecular formula is C20H31N3O2. The van der Waals surface area contributed by atoms with E-state index in [-0.39, 0.29) is 29.7 Å². The largest absolute Gasteiger partial charge is 0.348 e. The molecule has 0 unspecified atom stereocenters. The van der Waals surface area contributed by atoms with Crippen molar-refractivity contribution in [2.75, 3.05) is 33.7 Å². The minimum Gasteiger partial charge on any atom is -0.348 e. The van der Waals surface area contributed by atoms with Gasteiger partial charge in [0, 0.05) is 25.6 Å². The Bertz CT molecular complexity index is 572. The molecule has 1 N–H and O–H groups in total. The second kappa shape index (κ2) is 8.99. The van der Waals surface area contributed by atoms with Gasteiger partial charge in [-0.2, -0.15) is 0 Å². The van der Waals surface area contributed by atoms with Crippen molar-refractivity contribution in [2.45, 2.75) is 32.7 Å². The Morgan fingerprint density at radius 1 is 1.24 bits per heavy atom. The fraction of sp³-hybridized carbons (Fsp3) is 0.600. The van der Waals surface area contributed by atoms with E-state index in [0.717, 1.165) is 31.5 Å². The van der Waals surface area contributed by atoms with E-state index < -0.39 is 0 Å². The maximum absolute atomic E-state index is 12.8. The summed E-state index contributed by atoms with van der Waals surface area (Å²) in [7, 11) is 4.01. The zero-order valence-electron chi connectivity index (χ0n) is 15.9. The first-order valence-corrected chi connectivity index (χ1v) is 9.17. The maximum Gasteiger partial charge on any atom is 0.225 e. The Morgan fingerprint density at radius 2 is 1.92 bits per heavy atom. The summed E-state index contributed by atoms with van der Waals surface area (Å²) in [5, 5.41) is 3.20. The van der Waals surface area contributed by atoms with Gasteiger partial charge in [-0.1, -0.05) is 44.2 Å². The predicted octanol–water partition coefficient (Wildman–Crippen LogP) is 2.30. The lowest BCUT2D eigenvalue weighted by molar-refractivity contribution is -0.138. The second-order valence-electron chi connectivity index (χ2n) is 7.51. The van der Waals surface area contributed by atoms with Gasteiger partial charge in [-0.05, 0) is 32.5 Å². The van der Waals surface area contributed by atoms with Crippen molar-refractivity contribution in [2.24, 2.45) is 11.8 Å². The van der Waals surface area contributed by atoms with Crippen LogP contribution in [0.4, 0.5) is 0 Å². The van der Waals surface area contributed by atoms with E-state index in [4.69, 9.17) is 0 Å². The highest BCUT2D eigenvalue weighted by Crippen LogP contribution is 2.21. The number of piperidine rings is 1. The van der Waals surface area contributed by atoms with E-state index in [1.54, 1.807) is 0 Å². The molecule has 1 aromatic rings. The summed E-state index contributed by atoms with van der Waals surface area (Å²) in [6.45, 7) is 5.87. The number of nitrogens with one attached hydrogen (secondary N) is 1. The SMILES string of the molecule is CC(C)C(=O)N1CCC[C@H](C(=O)N[C@H](CN(C)C)c2ccccc2)C1. The number of rotatable bonds is 6. The van der Waals surface area contributed by atoms with Crippen molar-refractivity contribution >= 4 is 11.8 Å². The summed E-state index contributed by atoms with van der Waals surface area (Å²) < 4.78 is 0. The maximum atomic E-state index is 12.8. The van der Waals surface area contributed by atoms with Gasteiger partial charge in [0.15, 0.2) is 0 Å². The van der Waals surface area contributed by atoms with E-state index in [0.29, 0.717) is 6.54 Å². The molecule has 1 fully saturated rings. The third-order valence-corrected chi connectivity index (χ3v) is 4.66. The molecule has 2 amide bonds. The first kappa shape index (κ1) is 19.4. The van der Waals surface area contributed by atoms with Gasteiger partial charge in [0.1, 0.15) is 0 Å². The Labute approximate surface area is 151 Å². The number of amides is 2. The molecule has 0 radical (unpaired) electrons. The zero-order chi connectivity index (χ0) is 18.4. The molecular weight excluding hydrogens is 314 g/mol. The van der Waals surface area contributed by atoms with E-state index in [1.165, 1.54) is 0 Å². The van der Waals surface area contributed by atoms with Gasteiger partial charge in [-0.25, -0.2) is 0 Å². The van der Waals surface area contributed by atoms with Crippen molar-refractivity contribution in [1.29, 1.82) is 0 Å². The molecule has 0 spiro atoms. The van der Waals surface area contributed by atoms with Crippen LogP contribution in [0.1, 0.15) is 38.3 Å². The van der Waals surface area contributed by atoms with Crippen molar-refractivity contribution in [3.8, 4) is 0 Å². The highest BCUT2D eigenvalue weighted by Gasteiger charge is 2.30. The molecule has 1 aliphatic rings. The van der Waals surface area contributed by atoms with Crippen molar-refractivity contribution in [3.05, 3.63) is 35.9 Å². The summed E-state index contributed by atoms with van der Waals surface area (Å²) in [5.41, 5.74) is 1.11. The topological polar surface area (TPSA) is 52.7 Å². The average Bonchev–Trinajstić information content (AvgIpc) is 2.60. The molecule has 138 valence electrons. The van der Waals surface area contributed by atoms with Gasteiger partial charge >= 0.3 is 0 Å². The molecule has 2 rings (SSSR count). The van der Waals surface area contributed by atoms with Crippen LogP contribution >= 0.6 is 0 Å². The Morgan fingerprint density at radius 3 is 2.52 bits per heavy atom. The lowest BCUT2D eigenvalue weighted by Gasteiger charge is -2.34. The highest BCUT2D eigenvalue weighted by atomic mass is 16.2. The number of carbonyl (C=O) groups excluding carboxylic acids is 2. The molecule has 1 saturated heterocycles. The number of nitrogens with zero attached hydrogens (tertiary/aromatic N) is 2. The molecule has 25 heavy (non-hydrogen) atoms. The lowest BCUT2D eigenvalue weighted by Crippen LogP contribution is -2.48. The van der Waals surface area contributed by atoms with E-state index in [1.807, 2.05) is 63.2 Å². The van der Waals surface area contributed by atoms with Crippen LogP contribution in [0.25, 0.3) is 0 Å². The number of carbonyl (C=O) groups is 2. The van der Waals surface area contributed by atoms with Gasteiger partial charge in [-0.3, -0.25) is 9.59 Å². The number of hydrogen-bond acceptors (Lipinski definition) is 3. The first-order chi connectivity index (χ1) is 11.9. The predicted molar refractivity (Wildman–Crippen MR) is 100 cm³/mol. The van der Waals surface area contributed by atoms with Crippen LogP contribution in [0.2, 0.25) is 0 Å². The van der Waals surface area contributed by atoms with Crippen molar-refractivity contribution < 1.29 is 9.59 Å². The molecule has 1 heterocycles. The molecule has 2 atom stereocenters. The molecule has 0 saturated carbocycles. The molecule has 5 heteroatoms. The van der Waals surface area contributed by atoms with Gasteiger partial charge in [-0.15, -0.1) is 0 Å². The standard InChI is InChI=1S/C20H31N3O2/c1-15(2)20(25)23-12-8-11-17(13-23)19(24)21-18(14-22(3)4)16-9-6-5-7-10-16/h5-7,9-10,15,17-18H,8,11-14H2,1-4H3,(H,21,24)/t17-,18+/m0/s1. The van der Waals surface area contributed by atoms with Gasteiger partial charge in [0.2, 0.25) is 11.8 Å². The molecule has 5 nitrogen and oxygen atoms in total. The molecule has 0 aliphatic carbocycles. The zero-order valence-corrected chi connectivity index (χ0v) is 15.9. The van der Waals surface area contributed by atoms with Crippen LogP contribution in [0, 0.1) is 11.8 Å². The Kier molecular flexibility index (Phi) is 7.00. The van der Waals surface area contributed by atoms with Gasteiger partial charge < -0.3 is 15.1 Å². The number of likely N-dealkylation sites (N-methyl/N-ethyl adjacent to an activating group) is 1. The summed E-state index contributed by atoms with van der Waals surface area (Å²) in [5.74, 6) is 0.0554. The van der Waals surface area contributed by atoms with Crippen molar-refractivity contribution in [1.82, 2.24) is 15.1 Å². The van der Waals surface area contributed by atoms with Crippen LogP contribution in [-0.4, -0.2) is 55.3 Å². The summed E-state index contributed by atoms with van der Waals surface area (Å²) in [4.78, 5) is 29.0. The number of benzene rings is 1. The summed E-state index contributed by atoms with van der Waals surface area (Å²) in [6.07, 6.45) is 1.73. The highest BCUT2D eigenvalue weighted by molar-refractivity contribution is 5.82. The molecule has 0 bridgehead atoms. The fourth-order valence-electron chi connectivity index (χ4n) is 3.33. The van der Waals surface area contributed by atoms with Crippen LogP contribution in [-0.2, 0) is 9.59 Å².